The summed E-state index contributed by atoms with van der Waals surface area (Å²) in [6.07, 6.45) is 1.02. The lowest BCUT2D eigenvalue weighted by molar-refractivity contribution is 0.456. The molecule has 1 aromatic heterocycles. The normalized spacial score (nSPS) is 12.3. The predicted molar refractivity (Wildman–Crippen MR) is 73.9 cm³/mol. The second kappa shape index (κ2) is 6.70. The van der Waals surface area contributed by atoms with Gasteiger partial charge in [0.25, 0.3) is 0 Å². The summed E-state index contributed by atoms with van der Waals surface area (Å²) < 4.78 is 31.2. The van der Waals surface area contributed by atoms with E-state index in [0.717, 1.165) is 13.0 Å². The van der Waals surface area contributed by atoms with Gasteiger partial charge in [-0.1, -0.05) is 13.8 Å². The molecule has 0 atom stereocenters. The van der Waals surface area contributed by atoms with Crippen LogP contribution in [0.4, 0.5) is 0 Å². The Morgan fingerprint density at radius 2 is 2.11 bits per heavy atom. The van der Waals surface area contributed by atoms with Gasteiger partial charge in [-0.15, -0.1) is 0 Å². The number of nitrogens with one attached hydrogen (secondary N) is 1. The van der Waals surface area contributed by atoms with Crippen molar-refractivity contribution in [1.29, 1.82) is 0 Å². The molecule has 0 saturated heterocycles. The first kappa shape index (κ1) is 15.7. The molecule has 0 aromatic carbocycles. The van der Waals surface area contributed by atoms with E-state index in [9.17, 15) is 8.42 Å². The van der Waals surface area contributed by atoms with Crippen molar-refractivity contribution in [2.45, 2.75) is 31.7 Å². The number of halogens is 1. The highest BCUT2D eigenvalue weighted by Gasteiger charge is 2.25. The summed E-state index contributed by atoms with van der Waals surface area (Å²) in [5.41, 5.74) is 0. The number of hydrogen-bond acceptors (Lipinski definition) is 4. The van der Waals surface area contributed by atoms with Gasteiger partial charge in [0.2, 0.25) is 10.0 Å². The summed E-state index contributed by atoms with van der Waals surface area (Å²) in [4.78, 5) is 0.181. The van der Waals surface area contributed by atoms with Crippen molar-refractivity contribution in [2.75, 3.05) is 20.1 Å². The summed E-state index contributed by atoms with van der Waals surface area (Å²) in [6, 6.07) is 1.56. The second-order valence-corrected chi connectivity index (χ2v) is 6.68. The maximum atomic E-state index is 12.1. The number of hydrogen-bond donors (Lipinski definition) is 1. The molecule has 0 saturated carbocycles. The Morgan fingerprint density at radius 1 is 1.44 bits per heavy atom. The van der Waals surface area contributed by atoms with Gasteiger partial charge >= 0.3 is 0 Å². The molecule has 0 aliphatic heterocycles. The Balaban J connectivity index is 2.91. The standard InChI is InChI=1S/C11H19BrN2O3S/c1-4-6-13-8-9-7-10(11(12)17-9)18(15,16)14(3)5-2/h7,13H,4-6,8H2,1-3H3. The van der Waals surface area contributed by atoms with Crippen LogP contribution in [0.5, 0.6) is 0 Å². The fourth-order valence-electron chi connectivity index (χ4n) is 1.39. The third-order valence-electron chi connectivity index (χ3n) is 2.57. The van der Waals surface area contributed by atoms with Gasteiger partial charge in [-0.25, -0.2) is 12.7 Å². The summed E-state index contributed by atoms with van der Waals surface area (Å²) in [5.74, 6) is 0.610. The maximum Gasteiger partial charge on any atom is 0.247 e. The molecule has 1 heterocycles. The first-order valence-corrected chi connectivity index (χ1v) is 8.12. The van der Waals surface area contributed by atoms with Crippen LogP contribution in [0.1, 0.15) is 26.0 Å². The Kier molecular flexibility index (Phi) is 5.84. The van der Waals surface area contributed by atoms with E-state index in [2.05, 4.69) is 28.2 Å². The monoisotopic (exact) mass is 338 g/mol. The summed E-state index contributed by atoms with van der Waals surface area (Å²) in [7, 11) is -1.92. The molecule has 0 aliphatic rings. The average Bonchev–Trinajstić information content (AvgIpc) is 2.70. The summed E-state index contributed by atoms with van der Waals surface area (Å²) in [6.45, 7) is 5.67. The highest BCUT2D eigenvalue weighted by atomic mass is 79.9. The van der Waals surface area contributed by atoms with Gasteiger partial charge in [-0.2, -0.15) is 0 Å². The zero-order chi connectivity index (χ0) is 13.8. The topological polar surface area (TPSA) is 62.6 Å². The minimum atomic E-state index is -3.46. The van der Waals surface area contributed by atoms with Crippen molar-refractivity contribution in [2.24, 2.45) is 0 Å². The number of nitrogens with zero attached hydrogens (tertiary/aromatic N) is 1. The lowest BCUT2D eigenvalue weighted by Gasteiger charge is -2.13. The lowest BCUT2D eigenvalue weighted by Crippen LogP contribution is -2.26. The Bertz CT molecular complexity index is 484. The second-order valence-electron chi connectivity index (χ2n) is 3.95. The highest BCUT2D eigenvalue weighted by molar-refractivity contribution is 9.10. The molecule has 7 heteroatoms. The largest absolute Gasteiger partial charge is 0.452 e. The average molecular weight is 339 g/mol. The van der Waals surface area contributed by atoms with Gasteiger partial charge in [0, 0.05) is 19.7 Å². The molecule has 0 fully saturated rings. The molecule has 0 radical (unpaired) electrons. The molecule has 0 unspecified atom stereocenters. The molecule has 0 bridgehead atoms. The zero-order valence-corrected chi connectivity index (χ0v) is 13.3. The van der Waals surface area contributed by atoms with Crippen LogP contribution >= 0.6 is 15.9 Å². The van der Waals surface area contributed by atoms with E-state index in [0.29, 0.717) is 18.8 Å². The molecule has 5 nitrogen and oxygen atoms in total. The van der Waals surface area contributed by atoms with Crippen LogP contribution in [-0.2, 0) is 16.6 Å². The van der Waals surface area contributed by atoms with E-state index in [1.165, 1.54) is 4.31 Å². The molecule has 1 aromatic rings. The van der Waals surface area contributed by atoms with Crippen LogP contribution in [0, 0.1) is 0 Å². The van der Waals surface area contributed by atoms with E-state index in [1.54, 1.807) is 20.0 Å². The molecular formula is C11H19BrN2O3S. The van der Waals surface area contributed by atoms with Crippen LogP contribution in [0.2, 0.25) is 0 Å². The van der Waals surface area contributed by atoms with Crippen molar-refractivity contribution in [3.8, 4) is 0 Å². The first-order valence-electron chi connectivity index (χ1n) is 5.88. The van der Waals surface area contributed by atoms with E-state index in [4.69, 9.17) is 4.42 Å². The lowest BCUT2D eigenvalue weighted by atomic mass is 10.4. The van der Waals surface area contributed by atoms with Crippen molar-refractivity contribution in [3.05, 3.63) is 16.5 Å². The van der Waals surface area contributed by atoms with Crippen LogP contribution in [-0.4, -0.2) is 32.9 Å². The highest BCUT2D eigenvalue weighted by Crippen LogP contribution is 2.28. The predicted octanol–water partition coefficient (Wildman–Crippen LogP) is 2.18. The molecular weight excluding hydrogens is 320 g/mol. The van der Waals surface area contributed by atoms with Gasteiger partial charge in [-0.3, -0.25) is 0 Å². The third-order valence-corrected chi connectivity index (χ3v) is 5.36. The van der Waals surface area contributed by atoms with Gasteiger partial charge in [0.1, 0.15) is 10.7 Å². The maximum absolute atomic E-state index is 12.1. The quantitative estimate of drug-likeness (QED) is 0.774. The van der Waals surface area contributed by atoms with Crippen molar-refractivity contribution >= 4 is 26.0 Å². The van der Waals surface area contributed by atoms with Crippen molar-refractivity contribution in [1.82, 2.24) is 9.62 Å². The molecule has 0 amide bonds. The molecule has 0 aliphatic carbocycles. The third kappa shape index (κ3) is 3.57. The fourth-order valence-corrected chi connectivity index (χ4v) is 3.52. The van der Waals surface area contributed by atoms with E-state index in [1.807, 2.05) is 0 Å². The van der Waals surface area contributed by atoms with Crippen molar-refractivity contribution in [3.63, 3.8) is 0 Å². The Morgan fingerprint density at radius 3 is 2.67 bits per heavy atom. The smallest absolute Gasteiger partial charge is 0.247 e. The number of sulfonamides is 1. The molecule has 0 spiro atoms. The summed E-state index contributed by atoms with van der Waals surface area (Å²) in [5, 5.41) is 3.16. The fraction of sp³-hybridized carbons (Fsp3) is 0.636. The Labute approximate surface area is 117 Å². The Hall–Kier alpha value is -0.370. The summed E-state index contributed by atoms with van der Waals surface area (Å²) >= 11 is 3.16. The van der Waals surface area contributed by atoms with Crippen LogP contribution in [0.15, 0.2) is 20.0 Å². The SMILES string of the molecule is CCCNCc1cc(S(=O)(=O)N(C)CC)c(Br)o1. The van der Waals surface area contributed by atoms with Crippen LogP contribution in [0.3, 0.4) is 0 Å². The van der Waals surface area contributed by atoms with Crippen LogP contribution < -0.4 is 5.32 Å². The molecule has 1 rings (SSSR count). The van der Waals surface area contributed by atoms with Gasteiger partial charge < -0.3 is 9.73 Å². The minimum absolute atomic E-state index is 0.181. The molecule has 1 N–H and O–H groups in total. The minimum Gasteiger partial charge on any atom is -0.452 e. The van der Waals surface area contributed by atoms with E-state index < -0.39 is 10.0 Å². The van der Waals surface area contributed by atoms with Gasteiger partial charge in [0.05, 0.1) is 6.54 Å². The van der Waals surface area contributed by atoms with E-state index >= 15 is 0 Å². The molecule has 104 valence electrons. The van der Waals surface area contributed by atoms with E-state index in [-0.39, 0.29) is 9.56 Å². The van der Waals surface area contributed by atoms with Gasteiger partial charge in [-0.05, 0) is 28.9 Å². The van der Waals surface area contributed by atoms with Crippen LogP contribution in [0.25, 0.3) is 0 Å². The zero-order valence-electron chi connectivity index (χ0n) is 10.9. The van der Waals surface area contributed by atoms with Crippen molar-refractivity contribution < 1.29 is 12.8 Å². The number of furan rings is 1. The first-order chi connectivity index (χ1) is 8.43. The molecule has 18 heavy (non-hydrogen) atoms. The van der Waals surface area contributed by atoms with Gasteiger partial charge in [0.15, 0.2) is 4.67 Å². The number of rotatable bonds is 7.